The van der Waals surface area contributed by atoms with Crippen LogP contribution in [-0.2, 0) is 11.2 Å². The summed E-state index contributed by atoms with van der Waals surface area (Å²) >= 11 is 0. The minimum Gasteiger partial charge on any atom is -0.493 e. The molecule has 0 amide bonds. The molecule has 1 fully saturated rings. The molecule has 0 spiro atoms. The first-order chi connectivity index (χ1) is 13.1. The van der Waals surface area contributed by atoms with Crippen molar-refractivity contribution in [2.75, 3.05) is 27.4 Å². The molecule has 1 aromatic carbocycles. The second-order valence-corrected chi connectivity index (χ2v) is 7.15. The van der Waals surface area contributed by atoms with Crippen LogP contribution >= 0.6 is 0 Å². The maximum absolute atomic E-state index is 12.8. The minimum absolute atomic E-state index is 0.0530. The normalized spacial score (nSPS) is 20.7. The Hall–Kier alpha value is -2.47. The van der Waals surface area contributed by atoms with Gasteiger partial charge in [-0.1, -0.05) is 0 Å². The van der Waals surface area contributed by atoms with Crippen LogP contribution in [0.5, 0.6) is 17.2 Å². The van der Waals surface area contributed by atoms with Crippen molar-refractivity contribution in [1.82, 2.24) is 4.57 Å². The number of hydrogen-bond acceptors (Lipinski definition) is 5. The van der Waals surface area contributed by atoms with Crippen molar-refractivity contribution in [2.24, 2.45) is 0 Å². The van der Waals surface area contributed by atoms with Crippen LogP contribution in [0.4, 0.5) is 0 Å². The van der Waals surface area contributed by atoms with Crippen molar-refractivity contribution in [3.05, 3.63) is 40.2 Å². The van der Waals surface area contributed by atoms with E-state index in [-0.39, 0.29) is 17.7 Å². The summed E-state index contributed by atoms with van der Waals surface area (Å²) in [5.41, 5.74) is 2.91. The molecule has 1 aromatic heterocycles. The van der Waals surface area contributed by atoms with Crippen molar-refractivity contribution >= 4 is 0 Å². The highest BCUT2D eigenvalue weighted by molar-refractivity contribution is 5.71. The summed E-state index contributed by atoms with van der Waals surface area (Å²) in [6.45, 7) is 3.31. The van der Waals surface area contributed by atoms with Crippen LogP contribution in [-0.4, -0.2) is 38.1 Å². The van der Waals surface area contributed by atoms with Gasteiger partial charge in [0.05, 0.1) is 26.0 Å². The fraction of sp³-hybridized carbons (Fsp3) is 0.476. The Morgan fingerprint density at radius 3 is 2.63 bits per heavy atom. The molecule has 2 aromatic rings. The van der Waals surface area contributed by atoms with E-state index >= 15 is 0 Å². The van der Waals surface area contributed by atoms with Crippen LogP contribution in [0.15, 0.2) is 29.1 Å². The van der Waals surface area contributed by atoms with Gasteiger partial charge in [-0.3, -0.25) is 4.79 Å². The molecule has 2 atom stereocenters. The highest BCUT2D eigenvalue weighted by Crippen LogP contribution is 2.41. The van der Waals surface area contributed by atoms with Gasteiger partial charge in [-0.25, -0.2) is 0 Å². The molecule has 2 aliphatic rings. The first-order valence-corrected chi connectivity index (χ1v) is 9.37. The van der Waals surface area contributed by atoms with Crippen molar-refractivity contribution in [2.45, 2.75) is 38.3 Å². The second kappa shape index (κ2) is 7.27. The molecule has 6 nitrogen and oxygen atoms in total. The molecule has 27 heavy (non-hydrogen) atoms. The lowest BCUT2D eigenvalue weighted by molar-refractivity contribution is 0.0678. The van der Waals surface area contributed by atoms with Gasteiger partial charge in [-0.2, -0.15) is 0 Å². The van der Waals surface area contributed by atoms with Crippen molar-refractivity contribution < 1.29 is 18.9 Å². The molecule has 144 valence electrons. The molecule has 0 saturated carbocycles. The third-order valence-corrected chi connectivity index (χ3v) is 5.34. The number of ether oxygens (including phenoxy) is 4. The summed E-state index contributed by atoms with van der Waals surface area (Å²) in [6, 6.07) is 7.51. The molecule has 0 N–H and O–H groups in total. The number of hydrogen-bond donors (Lipinski definition) is 0. The first-order valence-electron chi connectivity index (χ1n) is 9.37. The number of pyridine rings is 1. The van der Waals surface area contributed by atoms with E-state index in [2.05, 4.69) is 6.92 Å². The Morgan fingerprint density at radius 2 is 1.93 bits per heavy atom. The van der Waals surface area contributed by atoms with Gasteiger partial charge in [-0.15, -0.1) is 0 Å². The monoisotopic (exact) mass is 371 g/mol. The van der Waals surface area contributed by atoms with Crippen LogP contribution in [0, 0.1) is 0 Å². The van der Waals surface area contributed by atoms with Gasteiger partial charge >= 0.3 is 0 Å². The van der Waals surface area contributed by atoms with E-state index in [0.29, 0.717) is 23.9 Å². The fourth-order valence-electron chi connectivity index (χ4n) is 4.00. The van der Waals surface area contributed by atoms with E-state index < -0.39 is 0 Å². The first kappa shape index (κ1) is 17.9. The minimum atomic E-state index is -0.0530. The lowest BCUT2D eigenvalue weighted by atomic mass is 9.92. The lowest BCUT2D eigenvalue weighted by Gasteiger charge is -2.28. The fourth-order valence-corrected chi connectivity index (χ4v) is 4.00. The largest absolute Gasteiger partial charge is 0.493 e. The third kappa shape index (κ3) is 3.30. The molecule has 0 radical (unpaired) electrons. The van der Waals surface area contributed by atoms with Gasteiger partial charge < -0.3 is 23.5 Å². The molecular formula is C21H25NO5. The Morgan fingerprint density at radius 1 is 1.15 bits per heavy atom. The molecule has 0 aliphatic carbocycles. The molecule has 2 unspecified atom stereocenters. The van der Waals surface area contributed by atoms with Crippen LogP contribution in [0.2, 0.25) is 0 Å². The number of methoxy groups -OCH3 is 2. The predicted octanol–water partition coefficient (Wildman–Crippen LogP) is 3.21. The van der Waals surface area contributed by atoms with E-state index in [0.717, 1.165) is 42.7 Å². The number of aromatic nitrogens is 1. The van der Waals surface area contributed by atoms with Crippen LogP contribution in [0.1, 0.15) is 31.4 Å². The summed E-state index contributed by atoms with van der Waals surface area (Å²) in [4.78, 5) is 12.8. The second-order valence-electron chi connectivity index (χ2n) is 7.15. The van der Waals surface area contributed by atoms with Crippen molar-refractivity contribution in [3.63, 3.8) is 0 Å². The summed E-state index contributed by atoms with van der Waals surface area (Å²) in [7, 11) is 3.25. The molecule has 1 saturated heterocycles. The number of nitrogens with zero attached hydrogens (tertiary/aromatic N) is 1. The van der Waals surface area contributed by atoms with E-state index in [1.54, 1.807) is 20.3 Å². The van der Waals surface area contributed by atoms with Crippen LogP contribution in [0.3, 0.4) is 0 Å². The average molecular weight is 371 g/mol. The summed E-state index contributed by atoms with van der Waals surface area (Å²) < 4.78 is 24.2. The van der Waals surface area contributed by atoms with Gasteiger partial charge in [-0.05, 0) is 43.9 Å². The summed E-state index contributed by atoms with van der Waals surface area (Å²) in [5.74, 6) is 1.93. The van der Waals surface area contributed by atoms with Crippen molar-refractivity contribution in [1.29, 1.82) is 0 Å². The topological polar surface area (TPSA) is 58.9 Å². The molecule has 3 heterocycles. The van der Waals surface area contributed by atoms with Gasteiger partial charge in [0.15, 0.2) is 11.5 Å². The Bertz CT molecular complexity index is 898. The zero-order valence-electron chi connectivity index (χ0n) is 16.0. The maximum atomic E-state index is 12.8. The van der Waals surface area contributed by atoms with Crippen LogP contribution < -0.4 is 19.8 Å². The number of benzene rings is 1. The highest BCUT2D eigenvalue weighted by Gasteiger charge is 2.26. The van der Waals surface area contributed by atoms with Crippen LogP contribution in [0.25, 0.3) is 11.3 Å². The standard InChI is InChI=1S/C21H25NO5/c1-13-7-14-8-19(24-2)20(25-3)11-17(14)18-9-16(10-21(23)22(13)18)27-12-15-5-4-6-26-15/h8-11,13,15H,4-7,12H2,1-3H3. The predicted molar refractivity (Wildman–Crippen MR) is 102 cm³/mol. The highest BCUT2D eigenvalue weighted by atomic mass is 16.5. The average Bonchev–Trinajstić information content (AvgIpc) is 3.18. The maximum Gasteiger partial charge on any atom is 0.254 e. The Kier molecular flexibility index (Phi) is 4.83. The van der Waals surface area contributed by atoms with E-state index in [1.807, 2.05) is 22.8 Å². The molecule has 4 rings (SSSR count). The van der Waals surface area contributed by atoms with Gasteiger partial charge in [0.1, 0.15) is 12.4 Å². The molecule has 6 heteroatoms. The van der Waals surface area contributed by atoms with Crippen molar-refractivity contribution in [3.8, 4) is 28.5 Å². The molecule has 0 bridgehead atoms. The number of rotatable bonds is 5. The van der Waals surface area contributed by atoms with E-state index in [1.165, 1.54) is 0 Å². The summed E-state index contributed by atoms with van der Waals surface area (Å²) in [5, 5.41) is 0. The van der Waals surface area contributed by atoms with E-state index in [9.17, 15) is 4.79 Å². The quantitative estimate of drug-likeness (QED) is 0.808. The lowest BCUT2D eigenvalue weighted by Crippen LogP contribution is -2.29. The smallest absolute Gasteiger partial charge is 0.254 e. The Labute approximate surface area is 158 Å². The molecular weight excluding hydrogens is 346 g/mol. The van der Waals surface area contributed by atoms with Gasteiger partial charge in [0, 0.05) is 30.3 Å². The zero-order chi connectivity index (χ0) is 19.0. The number of fused-ring (bicyclic) bond motifs is 3. The Balaban J connectivity index is 1.75. The SMILES string of the molecule is COc1cc2c(cc1OC)-c1cc(OCC3CCCO3)cc(=O)n1C(C)C2. The third-order valence-electron chi connectivity index (χ3n) is 5.34. The van der Waals surface area contributed by atoms with Gasteiger partial charge in [0.2, 0.25) is 0 Å². The molecule has 2 aliphatic heterocycles. The van der Waals surface area contributed by atoms with E-state index in [4.69, 9.17) is 18.9 Å². The van der Waals surface area contributed by atoms with Gasteiger partial charge in [0.25, 0.3) is 5.56 Å². The summed E-state index contributed by atoms with van der Waals surface area (Å²) in [6.07, 6.45) is 2.94. The zero-order valence-corrected chi connectivity index (χ0v) is 16.0.